The molecule has 2 aromatic rings. The Morgan fingerprint density at radius 1 is 1.43 bits per heavy atom. The van der Waals surface area contributed by atoms with Crippen LogP contribution in [-0.4, -0.2) is 38.7 Å². The van der Waals surface area contributed by atoms with Crippen LogP contribution >= 0.6 is 0 Å². The molecule has 0 radical (unpaired) electrons. The number of pyridine rings is 1. The molecule has 1 aliphatic rings. The van der Waals surface area contributed by atoms with E-state index in [4.69, 9.17) is 0 Å². The highest BCUT2D eigenvalue weighted by Crippen LogP contribution is 2.21. The van der Waals surface area contributed by atoms with Crippen LogP contribution in [0, 0.1) is 5.92 Å². The summed E-state index contributed by atoms with van der Waals surface area (Å²) in [6.45, 7) is 1.64. The third kappa shape index (κ3) is 3.29. The highest BCUT2D eigenvalue weighted by Gasteiger charge is 2.25. The normalized spacial score (nSPS) is 18.7. The van der Waals surface area contributed by atoms with E-state index in [1.165, 1.54) is 12.0 Å². The van der Waals surface area contributed by atoms with Crippen LogP contribution in [0.3, 0.4) is 0 Å². The van der Waals surface area contributed by atoms with E-state index in [1.54, 1.807) is 16.9 Å². The van der Waals surface area contributed by atoms with E-state index in [-0.39, 0.29) is 5.91 Å². The maximum atomic E-state index is 12.4. The lowest BCUT2D eigenvalue weighted by atomic mass is 9.92. The van der Waals surface area contributed by atoms with Gasteiger partial charge in [-0.05, 0) is 42.9 Å². The molecule has 1 aliphatic heterocycles. The molecule has 21 heavy (non-hydrogen) atoms. The van der Waals surface area contributed by atoms with Crippen molar-refractivity contribution in [2.45, 2.75) is 19.3 Å². The van der Waals surface area contributed by atoms with Gasteiger partial charge in [0.25, 0.3) is 5.91 Å². The monoisotopic (exact) mass is 284 g/mol. The molecule has 1 atom stereocenters. The van der Waals surface area contributed by atoms with Crippen LogP contribution < -0.4 is 0 Å². The second kappa shape index (κ2) is 6.08. The third-order valence-electron chi connectivity index (χ3n) is 3.99. The van der Waals surface area contributed by atoms with E-state index < -0.39 is 0 Å². The van der Waals surface area contributed by atoms with Crippen LogP contribution in [0.25, 0.3) is 0 Å². The van der Waals surface area contributed by atoms with Crippen LogP contribution in [0.5, 0.6) is 0 Å². The fourth-order valence-corrected chi connectivity index (χ4v) is 2.96. The lowest BCUT2D eigenvalue weighted by Crippen LogP contribution is -2.40. The van der Waals surface area contributed by atoms with Gasteiger partial charge in [0, 0.05) is 38.7 Å². The fourth-order valence-electron chi connectivity index (χ4n) is 2.96. The van der Waals surface area contributed by atoms with E-state index in [1.807, 2.05) is 30.4 Å². The first kappa shape index (κ1) is 13.8. The predicted molar refractivity (Wildman–Crippen MR) is 79.8 cm³/mol. The van der Waals surface area contributed by atoms with Crippen LogP contribution in [0.15, 0.2) is 36.8 Å². The van der Waals surface area contributed by atoms with Gasteiger partial charge in [-0.25, -0.2) is 0 Å². The highest BCUT2D eigenvalue weighted by molar-refractivity contribution is 5.92. The first-order valence-electron chi connectivity index (χ1n) is 7.40. The van der Waals surface area contributed by atoms with Gasteiger partial charge < -0.3 is 4.90 Å². The Morgan fingerprint density at radius 2 is 2.33 bits per heavy atom. The van der Waals surface area contributed by atoms with Crippen molar-refractivity contribution in [1.82, 2.24) is 19.7 Å². The van der Waals surface area contributed by atoms with Crippen LogP contribution in [-0.2, 0) is 13.5 Å². The molecule has 1 fully saturated rings. The zero-order valence-corrected chi connectivity index (χ0v) is 12.3. The van der Waals surface area contributed by atoms with Gasteiger partial charge in [-0.1, -0.05) is 6.07 Å². The number of aryl methyl sites for hydroxylation is 1. The Hall–Kier alpha value is -2.17. The minimum absolute atomic E-state index is 0.0477. The van der Waals surface area contributed by atoms with E-state index >= 15 is 0 Å². The maximum absolute atomic E-state index is 12.4. The summed E-state index contributed by atoms with van der Waals surface area (Å²) >= 11 is 0. The van der Waals surface area contributed by atoms with Crippen molar-refractivity contribution in [3.63, 3.8) is 0 Å². The molecule has 5 nitrogen and oxygen atoms in total. The van der Waals surface area contributed by atoms with E-state index in [2.05, 4.69) is 16.1 Å². The molecular formula is C16H20N4O. The zero-order valence-electron chi connectivity index (χ0n) is 12.3. The summed E-state index contributed by atoms with van der Waals surface area (Å²) in [5.74, 6) is 0.557. The number of aromatic nitrogens is 3. The largest absolute Gasteiger partial charge is 0.337 e. The number of likely N-dealkylation sites (tertiary alicyclic amines) is 1. The first-order valence-corrected chi connectivity index (χ1v) is 7.40. The van der Waals surface area contributed by atoms with Crippen molar-refractivity contribution in [3.8, 4) is 0 Å². The van der Waals surface area contributed by atoms with Gasteiger partial charge in [-0.3, -0.25) is 14.5 Å². The molecule has 3 heterocycles. The van der Waals surface area contributed by atoms with Gasteiger partial charge in [0.1, 0.15) is 5.69 Å². The minimum atomic E-state index is 0.0477. The van der Waals surface area contributed by atoms with Gasteiger partial charge >= 0.3 is 0 Å². The van der Waals surface area contributed by atoms with Gasteiger partial charge in [0.05, 0.1) is 0 Å². The average Bonchev–Trinajstić information content (AvgIpc) is 2.94. The number of amides is 1. The summed E-state index contributed by atoms with van der Waals surface area (Å²) < 4.78 is 1.67. The molecule has 0 spiro atoms. The van der Waals surface area contributed by atoms with Crippen molar-refractivity contribution < 1.29 is 4.79 Å². The van der Waals surface area contributed by atoms with E-state index in [9.17, 15) is 4.79 Å². The molecule has 1 saturated heterocycles. The molecule has 0 bridgehead atoms. The van der Waals surface area contributed by atoms with Gasteiger partial charge in [0.2, 0.25) is 0 Å². The van der Waals surface area contributed by atoms with Crippen molar-refractivity contribution >= 4 is 5.91 Å². The summed E-state index contributed by atoms with van der Waals surface area (Å²) in [7, 11) is 1.83. The number of carbonyl (C=O) groups is 1. The molecule has 5 heteroatoms. The second-order valence-electron chi connectivity index (χ2n) is 5.70. The molecule has 2 aromatic heterocycles. The Balaban J connectivity index is 1.64. The van der Waals surface area contributed by atoms with Crippen molar-refractivity contribution in [2.75, 3.05) is 13.1 Å². The molecular weight excluding hydrogens is 264 g/mol. The summed E-state index contributed by atoms with van der Waals surface area (Å²) in [6.07, 6.45) is 8.73. The Labute approximate surface area is 124 Å². The van der Waals surface area contributed by atoms with Crippen LogP contribution in [0.4, 0.5) is 0 Å². The third-order valence-corrected chi connectivity index (χ3v) is 3.99. The minimum Gasteiger partial charge on any atom is -0.337 e. The topological polar surface area (TPSA) is 51.0 Å². The fraction of sp³-hybridized carbons (Fsp3) is 0.438. The Morgan fingerprint density at radius 3 is 3.05 bits per heavy atom. The zero-order chi connectivity index (χ0) is 14.7. The number of piperidine rings is 1. The molecule has 0 aliphatic carbocycles. The van der Waals surface area contributed by atoms with Crippen LogP contribution in [0.1, 0.15) is 28.9 Å². The molecule has 110 valence electrons. The Kier molecular flexibility index (Phi) is 3.99. The molecule has 1 amide bonds. The number of hydrogen-bond acceptors (Lipinski definition) is 3. The molecule has 0 aromatic carbocycles. The quantitative estimate of drug-likeness (QED) is 0.865. The van der Waals surface area contributed by atoms with E-state index in [0.29, 0.717) is 11.6 Å². The number of nitrogens with zero attached hydrogens (tertiary/aromatic N) is 4. The molecule has 0 saturated carbocycles. The lowest BCUT2D eigenvalue weighted by molar-refractivity contribution is 0.0666. The van der Waals surface area contributed by atoms with Crippen LogP contribution in [0.2, 0.25) is 0 Å². The van der Waals surface area contributed by atoms with E-state index in [0.717, 1.165) is 25.9 Å². The molecule has 0 N–H and O–H groups in total. The van der Waals surface area contributed by atoms with Gasteiger partial charge in [0.15, 0.2) is 0 Å². The van der Waals surface area contributed by atoms with Crippen molar-refractivity contribution in [3.05, 3.63) is 48.0 Å². The molecule has 3 rings (SSSR count). The number of carbonyl (C=O) groups excluding carboxylic acids is 1. The van der Waals surface area contributed by atoms with Crippen molar-refractivity contribution in [2.24, 2.45) is 13.0 Å². The summed E-state index contributed by atoms with van der Waals surface area (Å²) in [4.78, 5) is 18.5. The average molecular weight is 284 g/mol. The smallest absolute Gasteiger partial charge is 0.274 e. The Bertz CT molecular complexity index is 608. The summed E-state index contributed by atoms with van der Waals surface area (Å²) in [5, 5.41) is 4.21. The second-order valence-corrected chi connectivity index (χ2v) is 5.70. The summed E-state index contributed by atoms with van der Waals surface area (Å²) in [6, 6.07) is 5.86. The lowest BCUT2D eigenvalue weighted by Gasteiger charge is -2.32. The first-order chi connectivity index (χ1) is 10.2. The van der Waals surface area contributed by atoms with Crippen molar-refractivity contribution in [1.29, 1.82) is 0 Å². The standard InChI is InChI=1S/C16H20N4O/c1-19-9-6-15(18-19)16(21)20-8-3-5-14(12-20)10-13-4-2-7-17-11-13/h2,4,6-7,9,11,14H,3,5,8,10,12H2,1H3/t14-/m0/s1. The predicted octanol–water partition coefficient (Wildman–Crippen LogP) is 1.91. The molecule has 0 unspecified atom stereocenters. The van der Waals surface area contributed by atoms with Gasteiger partial charge in [-0.2, -0.15) is 5.10 Å². The highest BCUT2D eigenvalue weighted by atomic mass is 16.2. The summed E-state index contributed by atoms with van der Waals surface area (Å²) in [5.41, 5.74) is 1.79. The maximum Gasteiger partial charge on any atom is 0.274 e. The van der Waals surface area contributed by atoms with Gasteiger partial charge in [-0.15, -0.1) is 0 Å². The number of rotatable bonds is 3. The SMILES string of the molecule is Cn1ccc(C(=O)N2CCC[C@@H](Cc3cccnc3)C2)n1. The number of hydrogen-bond donors (Lipinski definition) is 0.